The minimum absolute atomic E-state index is 0.0674. The topological polar surface area (TPSA) is 0 Å². The average molecular weight is 239 g/mol. The lowest BCUT2D eigenvalue weighted by atomic mass is 10.0. The van der Waals surface area contributed by atoms with Crippen LogP contribution in [-0.2, 0) is 0 Å². The van der Waals surface area contributed by atoms with Crippen LogP contribution in [0.15, 0.2) is 36.4 Å². The maximum atomic E-state index is 13.3. The molecule has 0 bridgehead atoms. The highest BCUT2D eigenvalue weighted by molar-refractivity contribution is 6.30. The van der Waals surface area contributed by atoms with Gasteiger partial charge in [0.05, 0.1) is 5.02 Å². The van der Waals surface area contributed by atoms with Crippen LogP contribution >= 0.6 is 11.6 Å². The Morgan fingerprint density at radius 1 is 1.00 bits per heavy atom. The molecule has 0 unspecified atom stereocenters. The van der Waals surface area contributed by atoms with Gasteiger partial charge in [0.2, 0.25) is 0 Å². The van der Waals surface area contributed by atoms with Gasteiger partial charge in [0.1, 0.15) is 11.6 Å². The first-order valence-electron chi connectivity index (χ1n) is 4.79. The predicted molar refractivity (Wildman–Crippen MR) is 61.5 cm³/mol. The van der Waals surface area contributed by atoms with Crippen LogP contribution in [-0.4, -0.2) is 0 Å². The maximum Gasteiger partial charge on any atom is 0.142 e. The Morgan fingerprint density at radius 2 is 1.75 bits per heavy atom. The zero-order valence-corrected chi connectivity index (χ0v) is 9.35. The minimum atomic E-state index is -0.497. The summed E-state index contributed by atoms with van der Waals surface area (Å²) in [6.45, 7) is 1.85. The predicted octanol–water partition coefficient (Wildman–Crippen LogP) is 4.59. The van der Waals surface area contributed by atoms with Crippen LogP contribution in [0.5, 0.6) is 0 Å². The van der Waals surface area contributed by atoms with Crippen molar-refractivity contribution in [3.8, 4) is 11.1 Å². The van der Waals surface area contributed by atoms with Crippen molar-refractivity contribution in [1.29, 1.82) is 0 Å². The van der Waals surface area contributed by atoms with E-state index in [-0.39, 0.29) is 10.8 Å². The van der Waals surface area contributed by atoms with Gasteiger partial charge in [0.25, 0.3) is 0 Å². The SMILES string of the molecule is Cc1ccc(F)cc1-c1ccc(Cl)c(F)c1. The molecule has 0 radical (unpaired) electrons. The van der Waals surface area contributed by atoms with Crippen LogP contribution in [0.3, 0.4) is 0 Å². The zero-order chi connectivity index (χ0) is 11.7. The summed E-state index contributed by atoms with van der Waals surface area (Å²) in [4.78, 5) is 0. The van der Waals surface area contributed by atoms with E-state index in [4.69, 9.17) is 11.6 Å². The van der Waals surface area contributed by atoms with Gasteiger partial charge in [0, 0.05) is 0 Å². The van der Waals surface area contributed by atoms with Gasteiger partial charge >= 0.3 is 0 Å². The highest BCUT2D eigenvalue weighted by atomic mass is 35.5. The second-order valence-corrected chi connectivity index (χ2v) is 4.00. The molecule has 0 spiro atoms. The van der Waals surface area contributed by atoms with Gasteiger partial charge in [-0.2, -0.15) is 0 Å². The molecule has 0 atom stereocenters. The van der Waals surface area contributed by atoms with Crippen LogP contribution in [0.1, 0.15) is 5.56 Å². The quantitative estimate of drug-likeness (QED) is 0.682. The Kier molecular flexibility index (Phi) is 2.92. The van der Waals surface area contributed by atoms with E-state index >= 15 is 0 Å². The van der Waals surface area contributed by atoms with Crippen molar-refractivity contribution >= 4 is 11.6 Å². The zero-order valence-electron chi connectivity index (χ0n) is 8.60. The molecule has 3 heteroatoms. The number of hydrogen-bond donors (Lipinski definition) is 0. The molecule has 0 aromatic heterocycles. The largest absolute Gasteiger partial charge is 0.207 e. The van der Waals surface area contributed by atoms with Gasteiger partial charge in [-0.3, -0.25) is 0 Å². The van der Waals surface area contributed by atoms with Gasteiger partial charge in [0.15, 0.2) is 0 Å². The molecular weight excluding hydrogens is 230 g/mol. The number of halogens is 3. The van der Waals surface area contributed by atoms with Crippen molar-refractivity contribution in [3.05, 3.63) is 58.6 Å². The molecule has 0 saturated carbocycles. The third-order valence-electron chi connectivity index (χ3n) is 2.43. The molecule has 0 aliphatic carbocycles. The molecule has 0 fully saturated rings. The summed E-state index contributed by atoms with van der Waals surface area (Å²) < 4.78 is 26.4. The summed E-state index contributed by atoms with van der Waals surface area (Å²) in [5, 5.41) is 0.0674. The Morgan fingerprint density at radius 3 is 2.44 bits per heavy atom. The van der Waals surface area contributed by atoms with Crippen molar-refractivity contribution in [2.24, 2.45) is 0 Å². The first-order chi connectivity index (χ1) is 7.58. The smallest absolute Gasteiger partial charge is 0.142 e. The summed E-state index contributed by atoms with van der Waals surface area (Å²) in [7, 11) is 0. The minimum Gasteiger partial charge on any atom is -0.207 e. The van der Waals surface area contributed by atoms with Crippen LogP contribution < -0.4 is 0 Å². The third-order valence-corrected chi connectivity index (χ3v) is 2.74. The van der Waals surface area contributed by atoms with E-state index < -0.39 is 5.82 Å². The van der Waals surface area contributed by atoms with E-state index in [1.165, 1.54) is 24.3 Å². The van der Waals surface area contributed by atoms with E-state index in [1.54, 1.807) is 12.1 Å². The van der Waals surface area contributed by atoms with E-state index in [9.17, 15) is 8.78 Å². The normalized spacial score (nSPS) is 10.5. The number of rotatable bonds is 1. The molecule has 0 aliphatic rings. The van der Waals surface area contributed by atoms with Crippen LogP contribution in [0, 0.1) is 18.6 Å². The number of benzene rings is 2. The molecule has 2 aromatic carbocycles. The lowest BCUT2D eigenvalue weighted by Crippen LogP contribution is -1.87. The van der Waals surface area contributed by atoms with Crippen molar-refractivity contribution in [2.75, 3.05) is 0 Å². The fourth-order valence-corrected chi connectivity index (χ4v) is 1.69. The highest BCUT2D eigenvalue weighted by Gasteiger charge is 2.06. The van der Waals surface area contributed by atoms with Gasteiger partial charge in [-0.1, -0.05) is 23.7 Å². The van der Waals surface area contributed by atoms with Crippen molar-refractivity contribution in [1.82, 2.24) is 0 Å². The third kappa shape index (κ3) is 2.07. The highest BCUT2D eigenvalue weighted by Crippen LogP contribution is 2.27. The van der Waals surface area contributed by atoms with Crippen molar-refractivity contribution in [3.63, 3.8) is 0 Å². The van der Waals surface area contributed by atoms with Gasteiger partial charge in [-0.25, -0.2) is 8.78 Å². The van der Waals surface area contributed by atoms with Crippen LogP contribution in [0.4, 0.5) is 8.78 Å². The Hall–Kier alpha value is -1.41. The molecule has 0 N–H and O–H groups in total. The van der Waals surface area contributed by atoms with Gasteiger partial charge in [-0.05, 0) is 47.9 Å². The summed E-state index contributed by atoms with van der Waals surface area (Å²) in [6.07, 6.45) is 0. The first kappa shape index (κ1) is 11.1. The molecule has 16 heavy (non-hydrogen) atoms. The molecule has 2 aromatic rings. The van der Waals surface area contributed by atoms with Gasteiger partial charge in [-0.15, -0.1) is 0 Å². The Balaban J connectivity index is 2.58. The Bertz CT molecular complexity index is 535. The van der Waals surface area contributed by atoms with E-state index in [0.29, 0.717) is 11.1 Å². The number of aryl methyl sites for hydroxylation is 1. The summed E-state index contributed by atoms with van der Waals surface area (Å²) in [5.74, 6) is -0.834. The maximum absolute atomic E-state index is 13.3. The lowest BCUT2D eigenvalue weighted by molar-refractivity contribution is 0.626. The molecule has 2 rings (SSSR count). The fraction of sp³-hybridized carbons (Fsp3) is 0.0769. The monoisotopic (exact) mass is 238 g/mol. The summed E-state index contributed by atoms with van der Waals surface area (Å²) in [5.41, 5.74) is 2.19. The van der Waals surface area contributed by atoms with E-state index in [1.807, 2.05) is 6.92 Å². The summed E-state index contributed by atoms with van der Waals surface area (Å²) >= 11 is 5.59. The van der Waals surface area contributed by atoms with Crippen molar-refractivity contribution < 1.29 is 8.78 Å². The van der Waals surface area contributed by atoms with E-state index in [2.05, 4.69) is 0 Å². The Labute approximate surface area is 97.5 Å². The second-order valence-electron chi connectivity index (χ2n) is 3.59. The molecule has 82 valence electrons. The van der Waals surface area contributed by atoms with Crippen molar-refractivity contribution in [2.45, 2.75) is 6.92 Å². The van der Waals surface area contributed by atoms with E-state index in [0.717, 1.165) is 5.56 Å². The molecule has 0 amide bonds. The van der Waals surface area contributed by atoms with Gasteiger partial charge < -0.3 is 0 Å². The fourth-order valence-electron chi connectivity index (χ4n) is 1.57. The second kappa shape index (κ2) is 4.22. The molecule has 0 nitrogen and oxygen atoms in total. The summed E-state index contributed by atoms with van der Waals surface area (Å²) in [6, 6.07) is 8.88. The van der Waals surface area contributed by atoms with Crippen LogP contribution in [0.2, 0.25) is 5.02 Å². The average Bonchev–Trinajstić information content (AvgIpc) is 2.26. The van der Waals surface area contributed by atoms with Crippen LogP contribution in [0.25, 0.3) is 11.1 Å². The molecule has 0 heterocycles. The first-order valence-corrected chi connectivity index (χ1v) is 5.17. The number of hydrogen-bond acceptors (Lipinski definition) is 0. The lowest BCUT2D eigenvalue weighted by Gasteiger charge is -2.06. The standard InChI is InChI=1S/C13H9ClF2/c1-8-2-4-10(15)7-11(8)9-3-5-12(14)13(16)6-9/h2-7H,1H3. The molecule has 0 saturated heterocycles. The molecular formula is C13H9ClF2. The molecule has 0 aliphatic heterocycles.